The maximum atomic E-state index is 6.15. The highest BCUT2D eigenvalue weighted by atomic mass is 35.5. The van der Waals surface area contributed by atoms with E-state index in [1.807, 2.05) is 41.4 Å². The van der Waals surface area contributed by atoms with E-state index in [1.54, 1.807) is 0 Å². The largest absolute Gasteiger partial charge is 1.00 e. The van der Waals surface area contributed by atoms with Gasteiger partial charge in [0.15, 0.2) is 12.4 Å². The van der Waals surface area contributed by atoms with Crippen molar-refractivity contribution in [1.29, 1.82) is 0 Å². The lowest BCUT2D eigenvalue weighted by molar-refractivity contribution is -0.671. The minimum absolute atomic E-state index is 0. The molecule has 0 fully saturated rings. The maximum Gasteiger partial charge on any atom is 0.257 e. The van der Waals surface area contributed by atoms with Gasteiger partial charge in [-0.2, -0.15) is 0 Å². The van der Waals surface area contributed by atoms with E-state index in [2.05, 4.69) is 30.4 Å². The molecule has 122 valence electrons. The van der Waals surface area contributed by atoms with Gasteiger partial charge in [-0.1, -0.05) is 6.07 Å². The molecule has 0 aliphatic carbocycles. The van der Waals surface area contributed by atoms with Gasteiger partial charge in [0.05, 0.1) is 12.1 Å². The van der Waals surface area contributed by atoms with Crippen molar-refractivity contribution in [2.45, 2.75) is 20.3 Å². The molecule has 2 N–H and O–H groups in total. The third-order valence-corrected chi connectivity index (χ3v) is 3.94. The second kappa shape index (κ2) is 6.87. The molecule has 3 aromatic rings. The number of pyridine rings is 2. The fraction of sp³-hybridized carbons (Fsp3) is 0.294. The summed E-state index contributed by atoms with van der Waals surface area (Å²) in [5.74, 6) is 0.508. The second-order valence-corrected chi connectivity index (χ2v) is 5.59. The molecule has 0 saturated carbocycles. The lowest BCUT2D eigenvalue weighted by atomic mass is 10.2. The van der Waals surface area contributed by atoms with Crippen molar-refractivity contribution in [2.75, 3.05) is 12.3 Å². The Morgan fingerprint density at radius 1 is 1.26 bits per heavy atom. The van der Waals surface area contributed by atoms with Gasteiger partial charge in [-0.25, -0.2) is 9.08 Å². The van der Waals surface area contributed by atoms with Gasteiger partial charge in [0.25, 0.3) is 5.88 Å². The number of nitrogens with two attached hydrogens (primary N) is 1. The minimum Gasteiger partial charge on any atom is -1.00 e. The number of anilines is 1. The van der Waals surface area contributed by atoms with E-state index in [0.717, 1.165) is 17.6 Å². The van der Waals surface area contributed by atoms with Crippen molar-refractivity contribution in [3.05, 3.63) is 53.5 Å². The average molecular weight is 333 g/mol. The van der Waals surface area contributed by atoms with Gasteiger partial charge >= 0.3 is 0 Å². The number of rotatable bonds is 4. The summed E-state index contributed by atoms with van der Waals surface area (Å²) >= 11 is 0. The monoisotopic (exact) mass is 332 g/mol. The van der Waals surface area contributed by atoms with Crippen molar-refractivity contribution in [3.63, 3.8) is 0 Å². The van der Waals surface area contributed by atoms with Crippen LogP contribution in [0.3, 0.4) is 0 Å². The van der Waals surface area contributed by atoms with E-state index < -0.39 is 0 Å². The molecule has 0 saturated heterocycles. The highest BCUT2D eigenvalue weighted by molar-refractivity contribution is 5.75. The second-order valence-electron chi connectivity index (χ2n) is 5.59. The summed E-state index contributed by atoms with van der Waals surface area (Å²) in [7, 11) is 2.01. The predicted molar refractivity (Wildman–Crippen MR) is 85.9 cm³/mol. The van der Waals surface area contributed by atoms with E-state index in [4.69, 9.17) is 10.5 Å². The van der Waals surface area contributed by atoms with Crippen LogP contribution in [-0.2, 0) is 13.5 Å². The smallest absolute Gasteiger partial charge is 0.257 e. The predicted octanol–water partition coefficient (Wildman–Crippen LogP) is -1.02. The van der Waals surface area contributed by atoms with Crippen molar-refractivity contribution in [2.24, 2.45) is 7.05 Å². The Morgan fingerprint density at radius 3 is 2.78 bits per heavy atom. The zero-order valence-electron chi connectivity index (χ0n) is 13.6. The quantitative estimate of drug-likeness (QED) is 0.623. The minimum atomic E-state index is 0. The lowest BCUT2D eigenvalue weighted by Crippen LogP contribution is -3.00. The molecule has 0 aromatic carbocycles. The standard InChI is InChI=1S/C17H21N4O.ClH/c1-12-6-7-15-16(18)17(19-21(15)13(12)2)22-10-8-14-5-4-9-20(3)11-14;/h4-7,9,11H,8,10,18H2,1-3H3;1H/q+1;/p-1. The molecule has 0 bridgehead atoms. The number of ether oxygens (including phenoxy) is 1. The number of aromatic nitrogens is 3. The van der Waals surface area contributed by atoms with Crippen LogP contribution in [0.15, 0.2) is 36.7 Å². The lowest BCUT2D eigenvalue weighted by Gasteiger charge is -2.03. The summed E-state index contributed by atoms with van der Waals surface area (Å²) in [6.07, 6.45) is 4.92. The summed E-state index contributed by atoms with van der Waals surface area (Å²) < 4.78 is 9.67. The van der Waals surface area contributed by atoms with Crippen molar-refractivity contribution >= 4 is 11.2 Å². The van der Waals surface area contributed by atoms with Gasteiger partial charge in [0.2, 0.25) is 0 Å². The molecule has 3 aromatic heterocycles. The van der Waals surface area contributed by atoms with E-state index in [1.165, 1.54) is 11.1 Å². The zero-order chi connectivity index (χ0) is 15.7. The Morgan fingerprint density at radius 2 is 2.04 bits per heavy atom. The Hall–Kier alpha value is -2.27. The van der Waals surface area contributed by atoms with Gasteiger partial charge in [-0.15, -0.1) is 5.10 Å². The fourth-order valence-corrected chi connectivity index (χ4v) is 2.50. The molecule has 0 unspecified atom stereocenters. The van der Waals surface area contributed by atoms with Crippen molar-refractivity contribution in [3.8, 4) is 5.88 Å². The molecule has 3 heterocycles. The topological polar surface area (TPSA) is 56.4 Å². The Balaban J connectivity index is 0.00000192. The van der Waals surface area contributed by atoms with Crippen LogP contribution in [0, 0.1) is 13.8 Å². The molecule has 3 rings (SSSR count). The van der Waals surface area contributed by atoms with Gasteiger partial charge in [-0.3, -0.25) is 0 Å². The van der Waals surface area contributed by atoms with Gasteiger partial charge in [0.1, 0.15) is 12.7 Å². The van der Waals surface area contributed by atoms with Gasteiger partial charge < -0.3 is 22.9 Å². The molecular weight excluding hydrogens is 312 g/mol. The van der Waals surface area contributed by atoms with E-state index in [0.29, 0.717) is 18.2 Å². The summed E-state index contributed by atoms with van der Waals surface area (Å²) in [5.41, 5.74) is 11.1. The first-order chi connectivity index (χ1) is 10.6. The number of halogens is 1. The van der Waals surface area contributed by atoms with Crippen LogP contribution in [-0.4, -0.2) is 16.2 Å². The molecule has 6 heteroatoms. The summed E-state index contributed by atoms with van der Waals surface area (Å²) in [4.78, 5) is 0. The molecule has 0 aliphatic heterocycles. The Labute approximate surface area is 142 Å². The normalized spacial score (nSPS) is 10.6. The maximum absolute atomic E-state index is 6.15. The summed E-state index contributed by atoms with van der Waals surface area (Å²) in [6.45, 7) is 4.64. The van der Waals surface area contributed by atoms with E-state index >= 15 is 0 Å². The number of hydrogen-bond donors (Lipinski definition) is 1. The molecule has 0 amide bonds. The Bertz CT molecular complexity index is 829. The number of aryl methyl sites for hydroxylation is 3. The van der Waals surface area contributed by atoms with Crippen LogP contribution >= 0.6 is 0 Å². The average Bonchev–Trinajstić information content (AvgIpc) is 2.81. The zero-order valence-corrected chi connectivity index (χ0v) is 14.3. The number of nitrogen functional groups attached to an aromatic ring is 1. The highest BCUT2D eigenvalue weighted by Crippen LogP contribution is 2.27. The molecule has 5 nitrogen and oxygen atoms in total. The molecule has 0 aliphatic rings. The summed E-state index contributed by atoms with van der Waals surface area (Å²) in [6, 6.07) is 8.15. The third kappa shape index (κ3) is 3.40. The van der Waals surface area contributed by atoms with Crippen LogP contribution < -0.4 is 27.4 Å². The number of fused-ring (bicyclic) bond motifs is 1. The fourth-order valence-electron chi connectivity index (χ4n) is 2.50. The first-order valence-electron chi connectivity index (χ1n) is 7.37. The third-order valence-electron chi connectivity index (χ3n) is 3.94. The van der Waals surface area contributed by atoms with Gasteiger partial charge in [-0.05, 0) is 31.5 Å². The molecule has 0 radical (unpaired) electrons. The first-order valence-corrected chi connectivity index (χ1v) is 7.37. The molecule has 23 heavy (non-hydrogen) atoms. The van der Waals surface area contributed by atoms with Crippen LogP contribution in [0.4, 0.5) is 5.69 Å². The van der Waals surface area contributed by atoms with E-state index in [-0.39, 0.29) is 12.4 Å². The van der Waals surface area contributed by atoms with Crippen LogP contribution in [0.1, 0.15) is 16.8 Å². The van der Waals surface area contributed by atoms with Crippen LogP contribution in [0.2, 0.25) is 0 Å². The Kier molecular flexibility index (Phi) is 5.11. The SMILES string of the molecule is Cc1ccc2c(N)c(OCCc3ccc[n+](C)c3)nn2c1C.[Cl-]. The molecule has 0 spiro atoms. The summed E-state index contributed by atoms with van der Waals surface area (Å²) in [5, 5.41) is 4.49. The number of nitrogens with zero attached hydrogens (tertiary/aromatic N) is 3. The molecular formula is C17H21ClN4O. The van der Waals surface area contributed by atoms with Crippen molar-refractivity contribution in [1.82, 2.24) is 9.61 Å². The van der Waals surface area contributed by atoms with Crippen molar-refractivity contribution < 1.29 is 21.7 Å². The van der Waals surface area contributed by atoms with E-state index in [9.17, 15) is 0 Å². The highest BCUT2D eigenvalue weighted by Gasteiger charge is 2.13. The number of hydrogen-bond acceptors (Lipinski definition) is 3. The van der Waals surface area contributed by atoms with Crippen LogP contribution in [0.5, 0.6) is 5.88 Å². The van der Waals surface area contributed by atoms with Gasteiger partial charge in [0, 0.05) is 23.7 Å². The first kappa shape index (κ1) is 17.1. The van der Waals surface area contributed by atoms with Crippen LogP contribution in [0.25, 0.3) is 5.52 Å². The molecule has 0 atom stereocenters.